The highest BCUT2D eigenvalue weighted by molar-refractivity contribution is 5.62. The molecule has 2 fully saturated rings. The third-order valence-corrected chi connectivity index (χ3v) is 7.16. The average Bonchev–Trinajstić information content (AvgIpc) is 3.54. The fourth-order valence-corrected chi connectivity index (χ4v) is 5.64. The fraction of sp³-hybridized carbons (Fsp3) is 0.435. The zero-order valence-electron chi connectivity index (χ0n) is 17.3. The second-order valence-corrected chi connectivity index (χ2v) is 8.81. The van der Waals surface area contributed by atoms with Gasteiger partial charge in [-0.3, -0.25) is 0 Å². The average molecular weight is 440 g/mol. The standard InChI is InChI=1S/C23H22F2N4O3/c24-16-2-1-3-17(25)20(16)18-8-15-13-4-5-23(9-13,21(15)28-27-18)19-10-29(6-7-31-19)22-26-14(11-30)12-32-22/h1-3,8,12-13,19,30H,4-7,9-11H2/t13-,19+,23+/m1/s1. The van der Waals surface area contributed by atoms with Crippen molar-refractivity contribution in [1.82, 2.24) is 15.2 Å². The normalized spacial score (nSPS) is 26.5. The molecule has 7 nitrogen and oxygen atoms in total. The Morgan fingerprint density at radius 2 is 2.06 bits per heavy atom. The summed E-state index contributed by atoms with van der Waals surface area (Å²) in [6, 6.07) is 6.09. The van der Waals surface area contributed by atoms with Gasteiger partial charge in [-0.15, -0.1) is 0 Å². The van der Waals surface area contributed by atoms with Crippen LogP contribution in [0, 0.1) is 11.6 Å². The molecule has 3 aromatic rings. The minimum Gasteiger partial charge on any atom is -0.432 e. The van der Waals surface area contributed by atoms with Crippen molar-refractivity contribution in [1.29, 1.82) is 0 Å². The van der Waals surface area contributed by atoms with Gasteiger partial charge in [0.1, 0.15) is 23.6 Å². The molecular formula is C23H22F2N4O3. The first-order valence-electron chi connectivity index (χ1n) is 10.8. The quantitative estimate of drug-likeness (QED) is 0.666. The van der Waals surface area contributed by atoms with Crippen LogP contribution in [0.4, 0.5) is 14.8 Å². The van der Waals surface area contributed by atoms with Gasteiger partial charge in [-0.25, -0.2) is 8.78 Å². The molecule has 1 aliphatic heterocycles. The lowest BCUT2D eigenvalue weighted by Crippen LogP contribution is -2.52. The number of aliphatic hydroxyl groups excluding tert-OH is 1. The van der Waals surface area contributed by atoms with E-state index < -0.39 is 11.6 Å². The predicted molar refractivity (Wildman–Crippen MR) is 110 cm³/mol. The van der Waals surface area contributed by atoms with E-state index in [1.165, 1.54) is 24.5 Å². The minimum absolute atomic E-state index is 0.127. The van der Waals surface area contributed by atoms with Crippen LogP contribution in [0.5, 0.6) is 0 Å². The zero-order valence-corrected chi connectivity index (χ0v) is 17.3. The largest absolute Gasteiger partial charge is 0.432 e. The van der Waals surface area contributed by atoms with Crippen molar-refractivity contribution in [2.75, 3.05) is 24.6 Å². The lowest BCUT2D eigenvalue weighted by Gasteiger charge is -2.41. The number of rotatable bonds is 4. The summed E-state index contributed by atoms with van der Waals surface area (Å²) < 4.78 is 40.4. The van der Waals surface area contributed by atoms with Gasteiger partial charge in [0.2, 0.25) is 0 Å². The van der Waals surface area contributed by atoms with Gasteiger partial charge in [0.15, 0.2) is 0 Å². The topological polar surface area (TPSA) is 84.5 Å². The zero-order chi connectivity index (χ0) is 21.9. The number of anilines is 1. The number of oxazole rings is 1. The van der Waals surface area contributed by atoms with E-state index in [0.29, 0.717) is 31.4 Å². The van der Waals surface area contributed by atoms with Gasteiger partial charge >= 0.3 is 0 Å². The van der Waals surface area contributed by atoms with Gasteiger partial charge in [-0.2, -0.15) is 15.2 Å². The molecule has 2 aliphatic carbocycles. The van der Waals surface area contributed by atoms with Gasteiger partial charge in [0.25, 0.3) is 6.01 Å². The van der Waals surface area contributed by atoms with Gasteiger partial charge in [0.05, 0.1) is 36.3 Å². The number of hydrogen-bond acceptors (Lipinski definition) is 7. The molecule has 3 aliphatic rings. The number of benzene rings is 1. The molecule has 6 rings (SSSR count). The number of morpholine rings is 1. The molecule has 9 heteroatoms. The van der Waals surface area contributed by atoms with Crippen molar-refractivity contribution in [2.24, 2.45) is 0 Å². The maximum absolute atomic E-state index is 14.3. The van der Waals surface area contributed by atoms with Gasteiger partial charge < -0.3 is 19.2 Å². The maximum atomic E-state index is 14.3. The highest BCUT2D eigenvalue weighted by Gasteiger charge is 2.56. The maximum Gasteiger partial charge on any atom is 0.297 e. The van der Waals surface area contributed by atoms with Crippen LogP contribution in [0.3, 0.4) is 0 Å². The third-order valence-electron chi connectivity index (χ3n) is 7.16. The molecule has 3 atom stereocenters. The Labute approximate surface area is 183 Å². The molecule has 166 valence electrons. The Morgan fingerprint density at radius 1 is 1.22 bits per heavy atom. The molecule has 2 bridgehead atoms. The van der Waals surface area contributed by atoms with E-state index in [1.54, 1.807) is 6.07 Å². The second kappa shape index (κ2) is 7.31. The van der Waals surface area contributed by atoms with E-state index in [0.717, 1.165) is 30.5 Å². The lowest BCUT2D eigenvalue weighted by atomic mass is 9.77. The van der Waals surface area contributed by atoms with E-state index in [4.69, 9.17) is 9.15 Å². The van der Waals surface area contributed by atoms with Crippen LogP contribution >= 0.6 is 0 Å². The van der Waals surface area contributed by atoms with Gasteiger partial charge in [-0.05, 0) is 48.9 Å². The van der Waals surface area contributed by atoms with E-state index in [9.17, 15) is 13.9 Å². The molecule has 1 saturated heterocycles. The Morgan fingerprint density at radius 3 is 2.84 bits per heavy atom. The Balaban J connectivity index is 1.33. The number of hydrogen-bond donors (Lipinski definition) is 1. The van der Waals surface area contributed by atoms with Crippen LogP contribution < -0.4 is 4.90 Å². The first-order valence-corrected chi connectivity index (χ1v) is 10.8. The van der Waals surface area contributed by atoms with Crippen LogP contribution in [0.1, 0.15) is 42.1 Å². The number of ether oxygens (including phenoxy) is 1. The molecular weight excluding hydrogens is 418 g/mol. The molecule has 0 amide bonds. The summed E-state index contributed by atoms with van der Waals surface area (Å²) >= 11 is 0. The van der Waals surface area contributed by atoms with Crippen molar-refractivity contribution < 1.29 is 23.0 Å². The summed E-state index contributed by atoms with van der Waals surface area (Å²) in [7, 11) is 0. The Hall–Kier alpha value is -2.91. The van der Waals surface area contributed by atoms with Crippen LogP contribution in [-0.2, 0) is 16.8 Å². The smallest absolute Gasteiger partial charge is 0.297 e. The second-order valence-electron chi connectivity index (χ2n) is 8.81. The Bertz CT molecular complexity index is 1170. The third kappa shape index (κ3) is 2.87. The van der Waals surface area contributed by atoms with Crippen LogP contribution in [0.25, 0.3) is 11.3 Å². The van der Waals surface area contributed by atoms with Gasteiger partial charge in [-0.1, -0.05) is 6.07 Å². The molecule has 2 aromatic heterocycles. The van der Waals surface area contributed by atoms with Crippen molar-refractivity contribution in [3.05, 3.63) is 59.1 Å². The van der Waals surface area contributed by atoms with Crippen molar-refractivity contribution in [3.8, 4) is 11.3 Å². The van der Waals surface area contributed by atoms with E-state index >= 15 is 0 Å². The SMILES string of the molecule is OCc1coc(N2CCO[C@H]([C@]34CC[C@H](C3)c3cc(-c5c(F)cccc5F)nnc34)C2)n1. The number of halogens is 2. The fourth-order valence-electron chi connectivity index (χ4n) is 5.64. The summed E-state index contributed by atoms with van der Waals surface area (Å²) in [5.41, 5.74) is 2.19. The van der Waals surface area contributed by atoms with E-state index in [1.807, 2.05) is 4.90 Å². The molecule has 32 heavy (non-hydrogen) atoms. The van der Waals surface area contributed by atoms with Crippen LogP contribution in [0.15, 0.2) is 34.9 Å². The molecule has 0 spiro atoms. The highest BCUT2D eigenvalue weighted by atomic mass is 19.1. The van der Waals surface area contributed by atoms with E-state index in [2.05, 4.69) is 15.2 Å². The minimum atomic E-state index is -0.642. The van der Waals surface area contributed by atoms with Crippen LogP contribution in [0.2, 0.25) is 0 Å². The summed E-state index contributed by atoms with van der Waals surface area (Å²) in [6.07, 6.45) is 4.12. The number of nitrogens with zero attached hydrogens (tertiary/aromatic N) is 4. The first kappa shape index (κ1) is 19.8. The molecule has 1 aromatic carbocycles. The predicted octanol–water partition coefficient (Wildman–Crippen LogP) is 3.33. The molecule has 0 unspecified atom stereocenters. The monoisotopic (exact) mass is 440 g/mol. The molecule has 3 heterocycles. The number of fused-ring (bicyclic) bond motifs is 5. The molecule has 1 saturated carbocycles. The highest BCUT2D eigenvalue weighted by Crippen LogP contribution is 2.59. The van der Waals surface area contributed by atoms with Crippen molar-refractivity contribution in [2.45, 2.75) is 43.3 Å². The molecule has 0 radical (unpaired) electrons. The first-order chi connectivity index (χ1) is 15.6. The summed E-state index contributed by atoms with van der Waals surface area (Å²) in [5, 5.41) is 18.0. The summed E-state index contributed by atoms with van der Waals surface area (Å²) in [5.74, 6) is -1.01. The molecule has 1 N–H and O–H groups in total. The number of aromatic nitrogens is 3. The summed E-state index contributed by atoms with van der Waals surface area (Å²) in [4.78, 5) is 6.36. The van der Waals surface area contributed by atoms with Gasteiger partial charge in [0, 0.05) is 18.5 Å². The number of aliphatic hydroxyl groups is 1. The Kier molecular flexibility index (Phi) is 4.51. The van der Waals surface area contributed by atoms with E-state index in [-0.39, 0.29) is 35.3 Å². The van der Waals surface area contributed by atoms with Crippen molar-refractivity contribution >= 4 is 6.01 Å². The van der Waals surface area contributed by atoms with Crippen molar-refractivity contribution in [3.63, 3.8) is 0 Å². The lowest BCUT2D eigenvalue weighted by molar-refractivity contribution is -0.0145. The summed E-state index contributed by atoms with van der Waals surface area (Å²) in [6.45, 7) is 1.58. The van der Waals surface area contributed by atoms with Crippen LogP contribution in [-0.4, -0.2) is 46.1 Å².